The second kappa shape index (κ2) is 8.89. The van der Waals surface area contributed by atoms with Crippen LogP contribution in [0.5, 0.6) is 17.2 Å². The first-order valence-corrected chi connectivity index (χ1v) is 11.9. The molecule has 0 radical (unpaired) electrons. The quantitative estimate of drug-likeness (QED) is 0.1000. The van der Waals surface area contributed by atoms with Gasteiger partial charge < -0.3 is 14.2 Å². The lowest BCUT2D eigenvalue weighted by molar-refractivity contribution is -0.145. The minimum atomic E-state index is -0.531. The summed E-state index contributed by atoms with van der Waals surface area (Å²) in [6, 6.07) is 24.5. The molecule has 0 atom stereocenters. The number of benzene rings is 3. The van der Waals surface area contributed by atoms with E-state index in [-0.39, 0.29) is 23.5 Å². The molecule has 0 aliphatic carbocycles. The predicted molar refractivity (Wildman–Crippen MR) is 126 cm³/mol. The van der Waals surface area contributed by atoms with Gasteiger partial charge in [-0.1, -0.05) is 46.9 Å². The van der Waals surface area contributed by atoms with Crippen LogP contribution in [0.4, 0.5) is 0 Å². The van der Waals surface area contributed by atoms with Crippen LogP contribution in [0.2, 0.25) is 0 Å². The zero-order valence-electron chi connectivity index (χ0n) is 16.8. The largest absolute Gasteiger partial charge is 0.490 e. The highest BCUT2D eigenvalue weighted by Gasteiger charge is 2.38. The molecule has 1 aliphatic rings. The van der Waals surface area contributed by atoms with Gasteiger partial charge in [0.15, 0.2) is 16.4 Å². The molecule has 3 aromatic carbocycles. The summed E-state index contributed by atoms with van der Waals surface area (Å²) in [5.74, 6) is 2.32. The lowest BCUT2D eigenvalue weighted by atomic mass is 10.2. The fourth-order valence-electron chi connectivity index (χ4n) is 3.03. The van der Waals surface area contributed by atoms with Crippen molar-refractivity contribution in [2.24, 2.45) is 0 Å². The summed E-state index contributed by atoms with van der Waals surface area (Å²) in [5.41, 5.74) is 0. The van der Waals surface area contributed by atoms with Crippen LogP contribution in [0.15, 0.2) is 87.5 Å². The van der Waals surface area contributed by atoms with Crippen molar-refractivity contribution in [2.75, 3.05) is 13.2 Å². The number of fused-ring (bicyclic) bond motifs is 2. The van der Waals surface area contributed by atoms with E-state index in [0.717, 1.165) is 17.2 Å². The number of hydrogen-bond donors (Lipinski definition) is 0. The molecule has 0 saturated carbocycles. The smallest absolute Gasteiger partial charge is 0.321 e. The third kappa shape index (κ3) is 4.59. The van der Waals surface area contributed by atoms with Gasteiger partial charge in [-0.25, -0.2) is 0 Å². The maximum Gasteiger partial charge on any atom is 0.321 e. The van der Waals surface area contributed by atoms with Crippen LogP contribution >= 0.6 is 22.6 Å². The first kappa shape index (κ1) is 21.1. The van der Waals surface area contributed by atoms with Crippen LogP contribution in [-0.2, 0) is 20.4 Å². The van der Waals surface area contributed by atoms with Gasteiger partial charge in [0.1, 0.15) is 33.3 Å². The normalized spacial score (nSPS) is 13.0. The Kier molecular flexibility index (Phi) is 6.24. The minimum Gasteiger partial charge on any atom is -0.490 e. The van der Waals surface area contributed by atoms with Gasteiger partial charge in [0.05, 0.1) is 0 Å². The summed E-state index contributed by atoms with van der Waals surface area (Å²) in [4.78, 5) is 15.4. The summed E-state index contributed by atoms with van der Waals surface area (Å²) in [6.45, 7) is 4.20. The van der Waals surface area contributed by atoms with Gasteiger partial charge in [-0.15, -0.1) is 0 Å². The highest BCUT2D eigenvalue weighted by atomic mass is 127. The molecule has 4 rings (SSSR count). The van der Waals surface area contributed by atoms with E-state index in [1.165, 1.54) is 14.7 Å². The maximum atomic E-state index is 11.8. The Morgan fingerprint density at radius 1 is 0.900 bits per heavy atom. The lowest BCUT2D eigenvalue weighted by Gasteiger charge is -2.19. The topological polar surface area (TPSA) is 44.8 Å². The zero-order valence-corrected chi connectivity index (χ0v) is 19.7. The molecule has 0 unspecified atom stereocenters. The Balaban J connectivity index is 1.48. The van der Waals surface area contributed by atoms with E-state index in [9.17, 15) is 4.79 Å². The van der Waals surface area contributed by atoms with E-state index in [1.54, 1.807) is 0 Å². The molecular weight excluding hydrogens is 511 g/mol. The minimum absolute atomic E-state index is 0.232. The van der Waals surface area contributed by atoms with Crippen LogP contribution in [0.1, 0.15) is 13.8 Å². The van der Waals surface area contributed by atoms with Crippen LogP contribution in [0, 0.1) is 0 Å². The van der Waals surface area contributed by atoms with Gasteiger partial charge in [-0.05, 0) is 62.4 Å². The number of para-hydroxylation sites is 2. The average molecular weight is 533 g/mol. The molecule has 154 valence electrons. The van der Waals surface area contributed by atoms with Crippen molar-refractivity contribution < 1.29 is 19.0 Å². The molecular formula is C24H22IO4S+. The van der Waals surface area contributed by atoms with Crippen molar-refractivity contribution in [2.45, 2.75) is 32.0 Å². The number of ether oxygens (including phenoxy) is 3. The maximum absolute atomic E-state index is 11.8. The summed E-state index contributed by atoms with van der Waals surface area (Å²) < 4.78 is 16.6. The summed E-state index contributed by atoms with van der Waals surface area (Å²) in [7, 11) is -0.240. The van der Waals surface area contributed by atoms with Gasteiger partial charge in [-0.3, -0.25) is 4.79 Å². The standard InChI is InChI=1S/C24H22IO4S/c1-24(2,25)23(26)28-16-15-27-17-11-13-18(14-12-17)30-21-9-5-3-7-19(21)29-20-8-4-6-10-22(20)30/h3-14H,15-16H2,1-2H3/q+1. The van der Waals surface area contributed by atoms with Crippen molar-refractivity contribution in [3.63, 3.8) is 0 Å². The Bertz CT molecular complexity index is 998. The lowest BCUT2D eigenvalue weighted by Crippen LogP contribution is -2.27. The molecule has 0 fully saturated rings. The average Bonchev–Trinajstić information content (AvgIpc) is 2.74. The summed E-state index contributed by atoms with van der Waals surface area (Å²) >= 11 is 2.07. The highest BCUT2D eigenvalue weighted by Crippen LogP contribution is 2.46. The van der Waals surface area contributed by atoms with Crippen molar-refractivity contribution >= 4 is 39.5 Å². The van der Waals surface area contributed by atoms with E-state index in [2.05, 4.69) is 46.9 Å². The Labute approximate surface area is 193 Å². The molecule has 3 aromatic rings. The molecule has 0 saturated heterocycles. The highest BCUT2D eigenvalue weighted by molar-refractivity contribution is 14.1. The van der Waals surface area contributed by atoms with E-state index >= 15 is 0 Å². The summed E-state index contributed by atoms with van der Waals surface area (Å²) in [6.07, 6.45) is 0. The first-order chi connectivity index (χ1) is 14.4. The Morgan fingerprint density at radius 2 is 1.47 bits per heavy atom. The van der Waals surface area contributed by atoms with E-state index < -0.39 is 3.42 Å². The number of hydrogen-bond acceptors (Lipinski definition) is 4. The molecule has 1 aliphatic heterocycles. The number of alkyl halides is 1. The molecule has 0 spiro atoms. The second-order valence-electron chi connectivity index (χ2n) is 7.23. The second-order valence-corrected chi connectivity index (χ2v) is 11.9. The Morgan fingerprint density at radius 3 is 2.03 bits per heavy atom. The Hall–Kier alpha value is -2.19. The molecule has 4 nitrogen and oxygen atoms in total. The van der Waals surface area contributed by atoms with Crippen molar-refractivity contribution in [1.29, 1.82) is 0 Å². The molecule has 0 N–H and O–H groups in total. The number of halogens is 1. The van der Waals surface area contributed by atoms with Gasteiger partial charge in [-0.2, -0.15) is 0 Å². The van der Waals surface area contributed by atoms with E-state index in [4.69, 9.17) is 14.2 Å². The van der Waals surface area contributed by atoms with Crippen molar-refractivity contribution in [3.05, 3.63) is 72.8 Å². The number of carbonyl (C=O) groups excluding carboxylic acids is 1. The van der Waals surface area contributed by atoms with Crippen molar-refractivity contribution in [1.82, 2.24) is 0 Å². The first-order valence-electron chi connectivity index (χ1n) is 9.63. The van der Waals surface area contributed by atoms with Crippen molar-refractivity contribution in [3.8, 4) is 17.2 Å². The van der Waals surface area contributed by atoms with Crippen LogP contribution in [0.3, 0.4) is 0 Å². The van der Waals surface area contributed by atoms with Crippen LogP contribution < -0.4 is 9.47 Å². The van der Waals surface area contributed by atoms with Crippen LogP contribution in [-0.4, -0.2) is 22.6 Å². The third-order valence-electron chi connectivity index (χ3n) is 4.49. The zero-order chi connectivity index (χ0) is 21.1. The van der Waals surface area contributed by atoms with E-state index in [1.807, 2.05) is 62.4 Å². The molecule has 30 heavy (non-hydrogen) atoms. The molecule has 0 aromatic heterocycles. The SMILES string of the molecule is CC(C)(I)C(=O)OCCOc1ccc([S+]2c3ccccc3Oc3ccccc32)cc1. The number of esters is 1. The number of carbonyl (C=O) groups is 1. The number of rotatable bonds is 6. The van der Waals surface area contributed by atoms with Gasteiger partial charge >= 0.3 is 5.97 Å². The predicted octanol–water partition coefficient (Wildman–Crippen LogP) is 6.02. The molecule has 0 bridgehead atoms. The van der Waals surface area contributed by atoms with Gasteiger partial charge in [0.25, 0.3) is 0 Å². The third-order valence-corrected chi connectivity index (χ3v) is 7.23. The molecule has 6 heteroatoms. The summed E-state index contributed by atoms with van der Waals surface area (Å²) in [5, 5.41) is 0. The van der Waals surface area contributed by atoms with Gasteiger partial charge in [0, 0.05) is 0 Å². The monoisotopic (exact) mass is 533 g/mol. The molecule has 0 amide bonds. The molecule has 1 heterocycles. The van der Waals surface area contributed by atoms with Crippen LogP contribution in [0.25, 0.3) is 0 Å². The van der Waals surface area contributed by atoms with E-state index in [0.29, 0.717) is 6.61 Å². The fraction of sp³-hybridized carbons (Fsp3) is 0.208. The van der Waals surface area contributed by atoms with Gasteiger partial charge in [0.2, 0.25) is 9.79 Å². The fourth-order valence-corrected chi connectivity index (χ4v) is 5.39.